The van der Waals surface area contributed by atoms with Crippen LogP contribution in [0, 0.1) is 6.92 Å². The molecule has 0 fully saturated rings. The summed E-state index contributed by atoms with van der Waals surface area (Å²) in [6.07, 6.45) is 3.74. The number of aryl methyl sites for hydroxylation is 1. The van der Waals surface area contributed by atoms with E-state index in [4.69, 9.17) is 0 Å². The zero-order valence-corrected chi connectivity index (χ0v) is 8.05. The number of rotatable bonds is 0. The third-order valence-corrected chi connectivity index (χ3v) is 2.91. The van der Waals surface area contributed by atoms with E-state index >= 15 is 0 Å². The fraction of sp³-hybridized carbons (Fsp3) is 0.167. The summed E-state index contributed by atoms with van der Waals surface area (Å²) in [5.74, 6) is 0. The summed E-state index contributed by atoms with van der Waals surface area (Å²) in [5, 5.41) is 0. The van der Waals surface area contributed by atoms with Gasteiger partial charge in [-0.25, -0.2) is 0 Å². The van der Waals surface area contributed by atoms with E-state index in [1.807, 2.05) is 12.4 Å². The molecule has 40 valence electrons. The predicted molar refractivity (Wildman–Crippen MR) is 35.8 cm³/mol. The summed E-state index contributed by atoms with van der Waals surface area (Å²) in [7, 11) is 0. The van der Waals surface area contributed by atoms with Gasteiger partial charge in [-0.1, -0.05) is 0 Å². The third-order valence-electron chi connectivity index (χ3n) is 1.06. The Hall–Kier alpha value is -0.0513. The molecule has 0 amide bonds. The van der Waals surface area contributed by atoms with Crippen molar-refractivity contribution in [1.82, 2.24) is 4.98 Å². The van der Waals surface area contributed by atoms with Crippen LogP contribution in [0.2, 0.25) is 0 Å². The van der Waals surface area contributed by atoms with Crippen LogP contribution >= 0.6 is 0 Å². The maximum atomic E-state index is 3.97. The van der Waals surface area contributed by atoms with Crippen LogP contribution in [0.1, 0.15) is 5.56 Å². The van der Waals surface area contributed by atoms with E-state index in [1.54, 1.807) is 0 Å². The molecule has 0 saturated heterocycles. The molecule has 1 aromatic heterocycles. The summed E-state index contributed by atoms with van der Waals surface area (Å²) in [6, 6.07) is 2.07. The zero-order valence-electron chi connectivity index (χ0n) is 4.76. The Morgan fingerprint density at radius 1 is 1.62 bits per heavy atom. The van der Waals surface area contributed by atoms with E-state index < -0.39 is 0 Å². The summed E-state index contributed by atoms with van der Waals surface area (Å²) < 4.78 is 1.44. The Kier molecular flexibility index (Phi) is 1.89. The second-order valence-corrected chi connectivity index (χ2v) is 3.51. The molecule has 0 atom stereocenters. The molecule has 1 rings (SSSR count). The first-order valence-electron chi connectivity index (χ1n) is 2.47. The molecule has 0 aliphatic rings. The molecule has 0 unspecified atom stereocenters. The average Bonchev–Trinajstić information content (AvgIpc) is 1.77. The number of hydrogen-bond donors (Lipinski definition) is 0. The molecule has 1 aromatic rings. The molecule has 0 aliphatic heterocycles. The van der Waals surface area contributed by atoms with E-state index in [-0.39, 0.29) is 0 Å². The summed E-state index contributed by atoms with van der Waals surface area (Å²) in [4.78, 5) is 3.97. The molecule has 0 spiro atoms. The monoisotopic (exact) mass is 213 g/mol. The van der Waals surface area contributed by atoms with E-state index in [1.165, 1.54) is 31.7 Å². The Morgan fingerprint density at radius 3 is 2.75 bits per heavy atom. The SMILES string of the molecule is Cc1cncc[c]1[SnH]. The molecule has 0 bridgehead atoms. The Bertz CT molecular complexity index is 165. The first-order chi connectivity index (χ1) is 3.80. The van der Waals surface area contributed by atoms with Gasteiger partial charge in [0.25, 0.3) is 0 Å². The van der Waals surface area contributed by atoms with Crippen LogP contribution in [0.25, 0.3) is 0 Å². The van der Waals surface area contributed by atoms with Crippen LogP contribution in [0.4, 0.5) is 0 Å². The quantitative estimate of drug-likeness (QED) is 0.548. The zero-order chi connectivity index (χ0) is 5.98. The van der Waals surface area contributed by atoms with Gasteiger partial charge in [-0.05, 0) is 0 Å². The molecule has 1 nitrogen and oxygen atoms in total. The topological polar surface area (TPSA) is 12.9 Å². The van der Waals surface area contributed by atoms with Crippen LogP contribution in [0.15, 0.2) is 18.5 Å². The van der Waals surface area contributed by atoms with Crippen molar-refractivity contribution in [3.05, 3.63) is 24.0 Å². The molecular weight excluding hydrogens is 205 g/mol. The van der Waals surface area contributed by atoms with Crippen molar-refractivity contribution in [3.8, 4) is 0 Å². The average molecular weight is 212 g/mol. The van der Waals surface area contributed by atoms with Gasteiger partial charge in [-0.3, -0.25) is 0 Å². The van der Waals surface area contributed by atoms with Crippen molar-refractivity contribution in [1.29, 1.82) is 0 Å². The van der Waals surface area contributed by atoms with E-state index in [0.717, 1.165) is 0 Å². The molecular formula is C6H7NSn. The standard InChI is InChI=1S/C6H6N.Sn.H/c1-6-3-2-4-7-5-6;;/h2,4-5H,1H3;;. The second kappa shape index (κ2) is 2.48. The molecule has 0 aromatic carbocycles. The first kappa shape index (κ1) is 6.07. The maximum absolute atomic E-state index is 3.97. The normalized spacial score (nSPS) is 9.25. The fourth-order valence-electron chi connectivity index (χ4n) is 0.484. The van der Waals surface area contributed by atoms with Gasteiger partial charge in [0.2, 0.25) is 0 Å². The van der Waals surface area contributed by atoms with Crippen molar-refractivity contribution in [2.24, 2.45) is 0 Å². The Balaban J connectivity index is 3.13. The fourth-order valence-corrected chi connectivity index (χ4v) is 0.943. The van der Waals surface area contributed by atoms with E-state index in [2.05, 4.69) is 18.0 Å². The van der Waals surface area contributed by atoms with Gasteiger partial charge in [0.05, 0.1) is 0 Å². The second-order valence-electron chi connectivity index (χ2n) is 1.73. The number of hydrogen-bond acceptors (Lipinski definition) is 1. The number of aromatic nitrogens is 1. The van der Waals surface area contributed by atoms with Crippen molar-refractivity contribution in [2.75, 3.05) is 0 Å². The molecule has 8 heavy (non-hydrogen) atoms. The summed E-state index contributed by atoms with van der Waals surface area (Å²) >= 11 is 1.20. The van der Waals surface area contributed by atoms with Crippen LogP contribution < -0.4 is 3.58 Å². The molecule has 0 N–H and O–H groups in total. The van der Waals surface area contributed by atoms with Crippen LogP contribution in [0.5, 0.6) is 0 Å². The molecule has 2 radical (unpaired) electrons. The first-order valence-corrected chi connectivity index (χ1v) is 4.11. The van der Waals surface area contributed by atoms with Gasteiger partial charge in [-0.15, -0.1) is 0 Å². The summed E-state index contributed by atoms with van der Waals surface area (Å²) in [6.45, 7) is 2.09. The summed E-state index contributed by atoms with van der Waals surface area (Å²) in [5.41, 5.74) is 1.31. The van der Waals surface area contributed by atoms with Crippen molar-refractivity contribution in [3.63, 3.8) is 0 Å². The Labute approximate surface area is 62.2 Å². The molecule has 0 saturated carbocycles. The van der Waals surface area contributed by atoms with E-state index in [0.29, 0.717) is 0 Å². The van der Waals surface area contributed by atoms with Gasteiger partial charge in [-0.2, -0.15) is 0 Å². The van der Waals surface area contributed by atoms with Crippen molar-refractivity contribution >= 4 is 26.1 Å². The van der Waals surface area contributed by atoms with Crippen molar-refractivity contribution in [2.45, 2.75) is 6.92 Å². The third kappa shape index (κ3) is 1.22. The van der Waals surface area contributed by atoms with Gasteiger partial charge in [0, 0.05) is 0 Å². The molecule has 1 heterocycles. The van der Waals surface area contributed by atoms with Crippen LogP contribution in [0.3, 0.4) is 0 Å². The van der Waals surface area contributed by atoms with Gasteiger partial charge < -0.3 is 0 Å². The number of nitrogens with zero attached hydrogens (tertiary/aromatic N) is 1. The van der Waals surface area contributed by atoms with Gasteiger partial charge >= 0.3 is 62.0 Å². The van der Waals surface area contributed by atoms with Crippen molar-refractivity contribution < 1.29 is 0 Å². The number of pyridine rings is 1. The Morgan fingerprint density at radius 2 is 2.38 bits per heavy atom. The molecule has 2 heteroatoms. The van der Waals surface area contributed by atoms with Gasteiger partial charge in [0.15, 0.2) is 0 Å². The van der Waals surface area contributed by atoms with Crippen LogP contribution in [-0.4, -0.2) is 27.5 Å². The minimum absolute atomic E-state index is 1.20. The van der Waals surface area contributed by atoms with E-state index in [9.17, 15) is 0 Å². The molecule has 0 aliphatic carbocycles. The predicted octanol–water partition coefficient (Wildman–Crippen LogP) is -0.0839. The minimum atomic E-state index is 1.20. The van der Waals surface area contributed by atoms with Gasteiger partial charge in [0.1, 0.15) is 0 Å². The van der Waals surface area contributed by atoms with Crippen LogP contribution in [-0.2, 0) is 0 Å².